The maximum Gasteiger partial charge on any atom is 0.0611 e. The largest absolute Gasteiger partial charge is 0.337 e. The minimum Gasteiger partial charge on any atom is -0.337 e. The predicted molar refractivity (Wildman–Crippen MR) is 73.7 cm³/mol. The Morgan fingerprint density at radius 1 is 1.29 bits per heavy atom. The van der Waals surface area contributed by atoms with Crippen molar-refractivity contribution in [2.75, 3.05) is 4.90 Å². The van der Waals surface area contributed by atoms with Crippen LogP contribution in [-0.2, 0) is 6.42 Å². The first-order valence-corrected chi connectivity index (χ1v) is 6.52. The van der Waals surface area contributed by atoms with Crippen molar-refractivity contribution in [3.8, 4) is 0 Å². The molecule has 0 saturated carbocycles. The summed E-state index contributed by atoms with van der Waals surface area (Å²) in [5.41, 5.74) is 3.87. The van der Waals surface area contributed by atoms with Crippen LogP contribution in [0.15, 0.2) is 47.2 Å². The molecule has 1 unspecified atom stereocenters. The van der Waals surface area contributed by atoms with Crippen molar-refractivity contribution in [3.05, 3.63) is 52.8 Å². The number of fused-ring (bicyclic) bond motifs is 1. The van der Waals surface area contributed by atoms with Gasteiger partial charge in [-0.2, -0.15) is 0 Å². The standard InChI is InChI=1S/C14H13BrN2/c1-10-6-11-4-2-3-5-14(11)17(10)13-7-12(15)8-16-9-13/h2-5,7-10H,6H2,1H3. The van der Waals surface area contributed by atoms with Crippen LogP contribution in [0.5, 0.6) is 0 Å². The maximum absolute atomic E-state index is 4.25. The average Bonchev–Trinajstić information content (AvgIpc) is 2.64. The van der Waals surface area contributed by atoms with Gasteiger partial charge in [0.1, 0.15) is 0 Å². The van der Waals surface area contributed by atoms with Gasteiger partial charge in [0.15, 0.2) is 0 Å². The van der Waals surface area contributed by atoms with Gasteiger partial charge in [-0.3, -0.25) is 4.98 Å². The molecule has 0 saturated heterocycles. The quantitative estimate of drug-likeness (QED) is 0.791. The Balaban J connectivity index is 2.09. The van der Waals surface area contributed by atoms with Gasteiger partial charge in [-0.1, -0.05) is 18.2 Å². The molecule has 1 aromatic heterocycles. The van der Waals surface area contributed by atoms with Gasteiger partial charge in [-0.25, -0.2) is 0 Å². The molecule has 1 aromatic carbocycles. The molecule has 3 rings (SSSR count). The molecule has 2 nitrogen and oxygen atoms in total. The monoisotopic (exact) mass is 288 g/mol. The molecule has 0 amide bonds. The molecule has 1 aliphatic heterocycles. The fraction of sp³-hybridized carbons (Fsp3) is 0.214. The lowest BCUT2D eigenvalue weighted by atomic mass is 10.1. The molecule has 2 aromatic rings. The molecule has 1 aliphatic rings. The lowest BCUT2D eigenvalue weighted by Gasteiger charge is -2.24. The summed E-state index contributed by atoms with van der Waals surface area (Å²) in [5, 5.41) is 0. The molecule has 0 spiro atoms. The third-order valence-corrected chi connectivity index (χ3v) is 3.61. The molecule has 0 bridgehead atoms. The number of hydrogen-bond acceptors (Lipinski definition) is 2. The Morgan fingerprint density at radius 2 is 2.12 bits per heavy atom. The Bertz CT molecular complexity index is 553. The highest BCUT2D eigenvalue weighted by Crippen LogP contribution is 2.38. The second kappa shape index (κ2) is 4.15. The van der Waals surface area contributed by atoms with Gasteiger partial charge < -0.3 is 4.90 Å². The van der Waals surface area contributed by atoms with Crippen molar-refractivity contribution in [2.45, 2.75) is 19.4 Å². The minimum absolute atomic E-state index is 0.489. The molecule has 86 valence electrons. The molecule has 0 N–H and O–H groups in total. The molecule has 2 heterocycles. The van der Waals surface area contributed by atoms with E-state index in [-0.39, 0.29) is 0 Å². The van der Waals surface area contributed by atoms with Crippen molar-refractivity contribution < 1.29 is 0 Å². The molecule has 3 heteroatoms. The third-order valence-electron chi connectivity index (χ3n) is 3.18. The van der Waals surface area contributed by atoms with Crippen molar-refractivity contribution in [1.82, 2.24) is 4.98 Å². The number of rotatable bonds is 1. The van der Waals surface area contributed by atoms with E-state index in [0.717, 1.165) is 16.6 Å². The zero-order chi connectivity index (χ0) is 11.8. The molecule has 0 fully saturated rings. The number of halogens is 1. The van der Waals surface area contributed by atoms with E-state index in [1.807, 2.05) is 12.4 Å². The maximum atomic E-state index is 4.25. The number of pyridine rings is 1. The number of para-hydroxylation sites is 1. The fourth-order valence-electron chi connectivity index (χ4n) is 2.49. The smallest absolute Gasteiger partial charge is 0.0611 e. The third kappa shape index (κ3) is 1.84. The van der Waals surface area contributed by atoms with Crippen LogP contribution in [-0.4, -0.2) is 11.0 Å². The molecule has 1 atom stereocenters. The van der Waals surface area contributed by atoms with E-state index >= 15 is 0 Å². The van der Waals surface area contributed by atoms with Crippen LogP contribution < -0.4 is 4.90 Å². The molecule has 17 heavy (non-hydrogen) atoms. The second-order valence-electron chi connectivity index (χ2n) is 4.41. The topological polar surface area (TPSA) is 16.1 Å². The predicted octanol–water partition coefficient (Wildman–Crippen LogP) is 3.93. The Morgan fingerprint density at radius 3 is 2.94 bits per heavy atom. The van der Waals surface area contributed by atoms with Crippen molar-refractivity contribution >= 4 is 27.3 Å². The average molecular weight is 289 g/mol. The van der Waals surface area contributed by atoms with E-state index in [9.17, 15) is 0 Å². The van der Waals surface area contributed by atoms with Gasteiger partial charge in [0.25, 0.3) is 0 Å². The number of nitrogens with zero attached hydrogens (tertiary/aromatic N) is 2. The van der Waals surface area contributed by atoms with Crippen molar-refractivity contribution in [1.29, 1.82) is 0 Å². The Labute approximate surface area is 109 Å². The summed E-state index contributed by atoms with van der Waals surface area (Å²) < 4.78 is 1.02. The SMILES string of the molecule is CC1Cc2ccccc2N1c1cncc(Br)c1. The molecular weight excluding hydrogens is 276 g/mol. The zero-order valence-electron chi connectivity index (χ0n) is 9.60. The minimum atomic E-state index is 0.489. The second-order valence-corrected chi connectivity index (χ2v) is 5.33. The highest BCUT2D eigenvalue weighted by Gasteiger charge is 2.26. The highest BCUT2D eigenvalue weighted by molar-refractivity contribution is 9.10. The van der Waals surface area contributed by atoms with Crippen LogP contribution in [0.2, 0.25) is 0 Å². The van der Waals surface area contributed by atoms with E-state index in [0.29, 0.717) is 6.04 Å². The Hall–Kier alpha value is -1.35. The van der Waals surface area contributed by atoms with Crippen LogP contribution in [0.1, 0.15) is 12.5 Å². The Kier molecular flexibility index (Phi) is 2.63. The van der Waals surface area contributed by atoms with E-state index in [1.165, 1.54) is 11.3 Å². The van der Waals surface area contributed by atoms with E-state index in [4.69, 9.17) is 0 Å². The van der Waals surface area contributed by atoms with Crippen LogP contribution in [0.3, 0.4) is 0 Å². The van der Waals surface area contributed by atoms with E-state index < -0.39 is 0 Å². The zero-order valence-corrected chi connectivity index (χ0v) is 11.2. The summed E-state index contributed by atoms with van der Waals surface area (Å²) in [6, 6.07) is 11.2. The lowest BCUT2D eigenvalue weighted by Crippen LogP contribution is -2.23. The number of anilines is 2. The van der Waals surface area contributed by atoms with Gasteiger partial charge in [-0.15, -0.1) is 0 Å². The first kappa shape index (κ1) is 10.8. The van der Waals surface area contributed by atoms with Crippen LogP contribution in [0, 0.1) is 0 Å². The van der Waals surface area contributed by atoms with Crippen LogP contribution >= 0.6 is 15.9 Å². The van der Waals surface area contributed by atoms with Gasteiger partial charge in [0, 0.05) is 22.4 Å². The van der Waals surface area contributed by atoms with Crippen LogP contribution in [0.25, 0.3) is 0 Å². The first-order valence-electron chi connectivity index (χ1n) is 5.73. The normalized spacial score (nSPS) is 18.2. The molecule has 0 radical (unpaired) electrons. The van der Waals surface area contributed by atoms with Crippen molar-refractivity contribution in [2.24, 2.45) is 0 Å². The van der Waals surface area contributed by atoms with E-state index in [2.05, 4.69) is 63.1 Å². The highest BCUT2D eigenvalue weighted by atomic mass is 79.9. The van der Waals surface area contributed by atoms with Crippen LogP contribution in [0.4, 0.5) is 11.4 Å². The summed E-state index contributed by atoms with van der Waals surface area (Å²) >= 11 is 3.48. The van der Waals surface area contributed by atoms with Gasteiger partial charge in [0.2, 0.25) is 0 Å². The van der Waals surface area contributed by atoms with Gasteiger partial charge >= 0.3 is 0 Å². The number of aromatic nitrogens is 1. The lowest BCUT2D eigenvalue weighted by molar-refractivity contribution is 0.757. The summed E-state index contributed by atoms with van der Waals surface area (Å²) in [6.07, 6.45) is 4.84. The summed E-state index contributed by atoms with van der Waals surface area (Å²) in [4.78, 5) is 6.60. The summed E-state index contributed by atoms with van der Waals surface area (Å²) in [7, 11) is 0. The van der Waals surface area contributed by atoms with Gasteiger partial charge in [0.05, 0.1) is 11.9 Å². The first-order chi connectivity index (χ1) is 8.25. The summed E-state index contributed by atoms with van der Waals surface area (Å²) in [6.45, 7) is 2.25. The molecular formula is C14H13BrN2. The van der Waals surface area contributed by atoms with Crippen molar-refractivity contribution in [3.63, 3.8) is 0 Å². The number of hydrogen-bond donors (Lipinski definition) is 0. The number of benzene rings is 1. The van der Waals surface area contributed by atoms with E-state index in [1.54, 1.807) is 0 Å². The molecule has 0 aliphatic carbocycles. The summed E-state index contributed by atoms with van der Waals surface area (Å²) in [5.74, 6) is 0. The fourth-order valence-corrected chi connectivity index (χ4v) is 2.84. The van der Waals surface area contributed by atoms with Gasteiger partial charge in [-0.05, 0) is 47.0 Å².